The Labute approximate surface area is 176 Å². The Balaban J connectivity index is 2.58. The maximum atomic E-state index is 13.1. The van der Waals surface area contributed by atoms with E-state index in [1.807, 2.05) is 0 Å². The van der Waals surface area contributed by atoms with Gasteiger partial charge in [0.15, 0.2) is 5.75 Å². The van der Waals surface area contributed by atoms with E-state index in [2.05, 4.69) is 0 Å². The molecular weight excluding hydrogens is 416 g/mol. The van der Waals surface area contributed by atoms with E-state index < -0.39 is 35.0 Å². The maximum absolute atomic E-state index is 13.1. The Hall–Kier alpha value is -3.52. The van der Waals surface area contributed by atoms with Gasteiger partial charge >= 0.3 is 11.9 Å². The molecule has 0 spiro atoms. The second-order valence-electron chi connectivity index (χ2n) is 6.32. The predicted molar refractivity (Wildman–Crippen MR) is 108 cm³/mol. The molecule has 0 saturated heterocycles. The molecule has 0 fully saturated rings. The summed E-state index contributed by atoms with van der Waals surface area (Å²) in [6, 6.07) is 5.24. The van der Waals surface area contributed by atoms with E-state index >= 15 is 0 Å². The Morgan fingerprint density at radius 3 is 2.40 bits per heavy atom. The summed E-state index contributed by atoms with van der Waals surface area (Å²) in [5.41, 5.74) is -0.555. The number of benzene rings is 2. The van der Waals surface area contributed by atoms with E-state index in [0.29, 0.717) is 5.56 Å². The number of aromatic hydroxyl groups is 1. The van der Waals surface area contributed by atoms with Crippen LogP contribution in [0.15, 0.2) is 36.6 Å². The fourth-order valence-corrected chi connectivity index (χ4v) is 2.87. The Morgan fingerprint density at radius 1 is 1.17 bits per heavy atom. The zero-order valence-electron chi connectivity index (χ0n) is 16.3. The van der Waals surface area contributed by atoms with Crippen molar-refractivity contribution in [2.75, 3.05) is 7.11 Å². The normalized spacial score (nSPS) is 11.9. The van der Waals surface area contributed by atoms with Gasteiger partial charge in [0.2, 0.25) is 5.78 Å². The number of phenolic OH excluding ortho intramolecular Hbond substituents is 1. The van der Waals surface area contributed by atoms with Crippen LogP contribution in [0.3, 0.4) is 0 Å². The van der Waals surface area contributed by atoms with Crippen LogP contribution < -0.4 is 9.47 Å². The molecule has 2 aromatic carbocycles. The maximum Gasteiger partial charge on any atom is 0.340 e. The lowest BCUT2D eigenvalue weighted by atomic mass is 9.95. The van der Waals surface area contributed by atoms with Crippen molar-refractivity contribution < 1.29 is 39.2 Å². The van der Waals surface area contributed by atoms with Crippen molar-refractivity contribution in [3.63, 3.8) is 0 Å². The molecule has 30 heavy (non-hydrogen) atoms. The molecular formula is C21H19ClO8. The van der Waals surface area contributed by atoms with Crippen molar-refractivity contribution >= 4 is 29.3 Å². The van der Waals surface area contributed by atoms with Crippen LogP contribution in [0.4, 0.5) is 0 Å². The molecule has 0 aliphatic heterocycles. The number of aliphatic carboxylic acids is 1. The highest BCUT2D eigenvalue weighted by atomic mass is 35.5. The molecule has 8 nitrogen and oxygen atoms in total. The smallest absolute Gasteiger partial charge is 0.340 e. The molecule has 0 saturated carbocycles. The number of carboxylic acids is 2. The highest BCUT2D eigenvalue weighted by Gasteiger charge is 2.28. The van der Waals surface area contributed by atoms with Gasteiger partial charge in [-0.2, -0.15) is 0 Å². The number of rotatable bonds is 8. The Morgan fingerprint density at radius 2 is 1.83 bits per heavy atom. The third-order valence-corrected chi connectivity index (χ3v) is 4.72. The lowest BCUT2D eigenvalue weighted by Crippen LogP contribution is -2.13. The van der Waals surface area contributed by atoms with Gasteiger partial charge in [-0.1, -0.05) is 17.7 Å². The van der Waals surface area contributed by atoms with Crippen molar-refractivity contribution in [2.24, 2.45) is 5.92 Å². The largest absolute Gasteiger partial charge is 0.507 e. The number of methoxy groups -OCH3 is 1. The molecule has 3 N–H and O–H groups in total. The van der Waals surface area contributed by atoms with Gasteiger partial charge in [-0.3, -0.25) is 9.59 Å². The van der Waals surface area contributed by atoms with E-state index in [1.165, 1.54) is 44.4 Å². The summed E-state index contributed by atoms with van der Waals surface area (Å²) >= 11 is 6.17. The zero-order valence-corrected chi connectivity index (χ0v) is 17.1. The van der Waals surface area contributed by atoms with E-state index in [-0.39, 0.29) is 27.6 Å². The van der Waals surface area contributed by atoms with Crippen molar-refractivity contribution in [1.82, 2.24) is 0 Å². The minimum absolute atomic E-state index is 0.0861. The minimum Gasteiger partial charge on any atom is -0.507 e. The van der Waals surface area contributed by atoms with E-state index in [9.17, 15) is 24.6 Å². The number of carbonyl (C=O) groups excluding carboxylic acids is 1. The SMILES string of the molecule is COc1c(Cl)c(C)cc(O)c1C(=O)c1cccc(OC=CC(C)C(=O)O)c1C(=O)O. The number of hydrogen-bond donors (Lipinski definition) is 3. The summed E-state index contributed by atoms with van der Waals surface area (Å²) in [5.74, 6) is -4.93. The number of carbonyl (C=O) groups is 3. The van der Waals surface area contributed by atoms with Crippen molar-refractivity contribution in [2.45, 2.75) is 13.8 Å². The second-order valence-corrected chi connectivity index (χ2v) is 6.70. The van der Waals surface area contributed by atoms with Crippen LogP contribution in [0, 0.1) is 12.8 Å². The van der Waals surface area contributed by atoms with Crippen LogP contribution in [-0.2, 0) is 4.79 Å². The second kappa shape index (κ2) is 9.32. The summed E-state index contributed by atoms with van der Waals surface area (Å²) < 4.78 is 10.4. The van der Waals surface area contributed by atoms with Crippen LogP contribution in [0.25, 0.3) is 0 Å². The topological polar surface area (TPSA) is 130 Å². The molecule has 0 aliphatic rings. The Kier molecular flexibility index (Phi) is 7.07. The average molecular weight is 435 g/mol. The first-order valence-electron chi connectivity index (χ1n) is 8.63. The highest BCUT2D eigenvalue weighted by molar-refractivity contribution is 6.34. The number of carboxylic acid groups (broad SMARTS) is 2. The van der Waals surface area contributed by atoms with Gasteiger partial charge in [-0.15, -0.1) is 0 Å². The number of ether oxygens (including phenoxy) is 2. The van der Waals surface area contributed by atoms with E-state index in [0.717, 1.165) is 6.26 Å². The van der Waals surface area contributed by atoms with E-state index in [1.54, 1.807) is 6.92 Å². The van der Waals surface area contributed by atoms with Crippen LogP contribution in [0.2, 0.25) is 5.02 Å². The molecule has 2 aromatic rings. The quantitative estimate of drug-likeness (QED) is 0.421. The number of ketones is 1. The fourth-order valence-electron chi connectivity index (χ4n) is 2.64. The summed E-state index contributed by atoms with van der Waals surface area (Å²) in [4.78, 5) is 35.9. The number of phenols is 1. The number of aromatic carboxylic acids is 1. The Bertz CT molecular complexity index is 1040. The third-order valence-electron chi connectivity index (χ3n) is 4.25. The van der Waals surface area contributed by atoms with Crippen molar-refractivity contribution in [3.8, 4) is 17.2 Å². The standard InChI is InChI=1S/C21H19ClO8/c1-10(20(25)26)7-8-30-14-6-4-5-12(15(14)21(27)28)18(24)16-13(23)9-11(2)17(22)19(16)29-3/h4-10,23H,1-3H3,(H,25,26)(H,27,28). The zero-order chi connectivity index (χ0) is 22.6. The minimum atomic E-state index is -1.45. The summed E-state index contributed by atoms with van der Waals surface area (Å²) in [6.07, 6.45) is 2.26. The summed E-state index contributed by atoms with van der Waals surface area (Å²) in [7, 11) is 1.27. The molecule has 0 aliphatic carbocycles. The molecule has 0 radical (unpaired) electrons. The molecule has 0 aromatic heterocycles. The third kappa shape index (κ3) is 4.55. The van der Waals surface area contributed by atoms with Crippen LogP contribution in [-0.4, -0.2) is 40.2 Å². The van der Waals surface area contributed by atoms with Gasteiger partial charge in [0.1, 0.15) is 22.6 Å². The summed E-state index contributed by atoms with van der Waals surface area (Å²) in [6.45, 7) is 3.02. The van der Waals surface area contributed by atoms with Gasteiger partial charge < -0.3 is 24.8 Å². The van der Waals surface area contributed by atoms with Gasteiger partial charge in [0.05, 0.1) is 24.3 Å². The molecule has 158 valence electrons. The molecule has 0 heterocycles. The van der Waals surface area contributed by atoms with Crippen LogP contribution >= 0.6 is 11.6 Å². The molecule has 9 heteroatoms. The van der Waals surface area contributed by atoms with Crippen molar-refractivity contribution in [1.29, 1.82) is 0 Å². The molecule has 2 rings (SSSR count). The lowest BCUT2D eigenvalue weighted by molar-refractivity contribution is -0.139. The number of halogens is 1. The lowest BCUT2D eigenvalue weighted by Gasteiger charge is -2.15. The van der Waals surface area contributed by atoms with Gasteiger partial charge in [0, 0.05) is 5.56 Å². The fraction of sp³-hybridized carbons (Fsp3) is 0.190. The molecule has 1 unspecified atom stereocenters. The van der Waals surface area contributed by atoms with E-state index in [4.69, 9.17) is 26.2 Å². The van der Waals surface area contributed by atoms with Crippen LogP contribution in [0.1, 0.15) is 38.8 Å². The predicted octanol–water partition coefficient (Wildman–Crippen LogP) is 3.91. The van der Waals surface area contributed by atoms with Crippen molar-refractivity contribution in [3.05, 3.63) is 63.9 Å². The average Bonchev–Trinajstić information content (AvgIpc) is 2.69. The van der Waals surface area contributed by atoms with Crippen LogP contribution in [0.5, 0.6) is 17.2 Å². The van der Waals surface area contributed by atoms with Gasteiger partial charge in [-0.25, -0.2) is 4.79 Å². The first-order chi connectivity index (χ1) is 14.1. The van der Waals surface area contributed by atoms with Gasteiger partial charge in [0.25, 0.3) is 0 Å². The monoisotopic (exact) mass is 434 g/mol. The first kappa shape index (κ1) is 22.8. The number of aryl methyl sites for hydroxylation is 1. The molecule has 1 atom stereocenters. The highest BCUT2D eigenvalue weighted by Crippen LogP contribution is 2.40. The van der Waals surface area contributed by atoms with Gasteiger partial charge in [-0.05, 0) is 43.7 Å². The summed E-state index contributed by atoms with van der Waals surface area (Å²) in [5, 5.41) is 29.0. The molecule has 0 bridgehead atoms. The molecule has 0 amide bonds. The number of hydrogen-bond acceptors (Lipinski definition) is 6. The first-order valence-corrected chi connectivity index (χ1v) is 9.01.